The lowest BCUT2D eigenvalue weighted by Gasteiger charge is -2.29. The predicted octanol–water partition coefficient (Wildman–Crippen LogP) is 3.37. The van der Waals surface area contributed by atoms with Crippen molar-refractivity contribution in [3.63, 3.8) is 0 Å². The van der Waals surface area contributed by atoms with Crippen LogP contribution in [0.15, 0.2) is 60.7 Å². The summed E-state index contributed by atoms with van der Waals surface area (Å²) in [5.41, 5.74) is 1.56. The van der Waals surface area contributed by atoms with Gasteiger partial charge < -0.3 is 9.47 Å². The number of esters is 1. The quantitative estimate of drug-likeness (QED) is 0.625. The third-order valence-electron chi connectivity index (χ3n) is 3.10. The average molecular weight is 284 g/mol. The van der Waals surface area contributed by atoms with Gasteiger partial charge in [-0.15, -0.1) is 0 Å². The zero-order valence-electron chi connectivity index (χ0n) is 10.6. The fraction of sp³-hybridized carbons (Fsp3) is 0.125. The van der Waals surface area contributed by atoms with Crippen LogP contribution in [-0.2, 0) is 14.3 Å². The largest absolute Gasteiger partial charge is 0.463 e. The fourth-order valence-electron chi connectivity index (χ4n) is 2.12. The number of hydrogen-bond donors (Lipinski definition) is 0. The Labute approximate surface area is 122 Å². The third-order valence-corrected chi connectivity index (χ3v) is 3.41. The molecule has 0 radical (unpaired) electrons. The normalized spacial score (nSPS) is 22.0. The van der Waals surface area contributed by atoms with E-state index in [4.69, 9.17) is 21.7 Å². The van der Waals surface area contributed by atoms with E-state index in [1.165, 1.54) is 0 Å². The minimum atomic E-state index is -0.774. The molecule has 0 bridgehead atoms. The van der Waals surface area contributed by atoms with E-state index in [2.05, 4.69) is 0 Å². The van der Waals surface area contributed by atoms with Gasteiger partial charge >= 0.3 is 5.97 Å². The smallest absolute Gasteiger partial charge is 0.353 e. The standard InChI is InChI=1S/C16H12O3S/c17-15-13(11-7-3-1-4-8-11)19-16(20)14(18-15)12-9-5-2-6-10-12/h1-10,13-14H. The van der Waals surface area contributed by atoms with Crippen LogP contribution in [0, 0.1) is 0 Å². The summed E-state index contributed by atoms with van der Waals surface area (Å²) in [7, 11) is 0. The van der Waals surface area contributed by atoms with E-state index in [9.17, 15) is 4.79 Å². The topological polar surface area (TPSA) is 35.5 Å². The Hall–Kier alpha value is -2.20. The number of carbonyl (C=O) groups excluding carboxylic acids is 1. The minimum Gasteiger partial charge on any atom is -0.463 e. The monoisotopic (exact) mass is 284 g/mol. The number of rotatable bonds is 2. The van der Waals surface area contributed by atoms with Gasteiger partial charge in [-0.3, -0.25) is 0 Å². The molecule has 2 unspecified atom stereocenters. The highest BCUT2D eigenvalue weighted by atomic mass is 32.1. The first-order valence-corrected chi connectivity index (χ1v) is 6.67. The second kappa shape index (κ2) is 5.43. The zero-order chi connectivity index (χ0) is 13.9. The molecule has 0 saturated carbocycles. The summed E-state index contributed by atoms with van der Waals surface area (Å²) in [6.07, 6.45) is -1.39. The van der Waals surface area contributed by atoms with Crippen LogP contribution < -0.4 is 0 Å². The van der Waals surface area contributed by atoms with Crippen molar-refractivity contribution < 1.29 is 14.3 Å². The molecule has 1 saturated heterocycles. The summed E-state index contributed by atoms with van der Waals surface area (Å²) in [5, 5.41) is 0.282. The van der Waals surface area contributed by atoms with Crippen LogP contribution in [0.3, 0.4) is 0 Å². The first kappa shape index (κ1) is 12.8. The molecule has 100 valence electrons. The molecule has 0 N–H and O–H groups in total. The summed E-state index contributed by atoms with van der Waals surface area (Å²) in [6, 6.07) is 18.6. The molecule has 1 aliphatic rings. The molecule has 0 aliphatic carbocycles. The highest BCUT2D eigenvalue weighted by Crippen LogP contribution is 2.32. The zero-order valence-corrected chi connectivity index (χ0v) is 11.4. The third kappa shape index (κ3) is 2.42. The Balaban J connectivity index is 1.84. The molecule has 2 aromatic rings. The maximum Gasteiger partial charge on any atom is 0.353 e. The number of carbonyl (C=O) groups is 1. The second-order valence-corrected chi connectivity index (χ2v) is 4.86. The number of benzene rings is 2. The van der Waals surface area contributed by atoms with Crippen molar-refractivity contribution in [2.45, 2.75) is 12.2 Å². The predicted molar refractivity (Wildman–Crippen MR) is 78.1 cm³/mol. The molecule has 2 atom stereocenters. The second-order valence-electron chi connectivity index (χ2n) is 4.46. The molecule has 2 aromatic carbocycles. The Morgan fingerprint density at radius 1 is 0.750 bits per heavy atom. The Bertz CT molecular complexity index is 567. The SMILES string of the molecule is O=C1OC(c2ccccc2)C(=S)OC1c1ccccc1. The highest BCUT2D eigenvalue weighted by Gasteiger charge is 2.37. The number of hydrogen-bond acceptors (Lipinski definition) is 4. The molecule has 1 aliphatic heterocycles. The summed E-state index contributed by atoms with van der Waals surface area (Å²) in [5.74, 6) is -0.418. The Kier molecular flexibility index (Phi) is 3.48. The van der Waals surface area contributed by atoms with E-state index < -0.39 is 18.2 Å². The molecule has 4 heteroatoms. The van der Waals surface area contributed by atoms with Crippen molar-refractivity contribution in [1.29, 1.82) is 0 Å². The molecular formula is C16H12O3S. The number of cyclic esters (lactones) is 1. The van der Waals surface area contributed by atoms with E-state index in [0.29, 0.717) is 0 Å². The fourth-order valence-corrected chi connectivity index (χ4v) is 2.40. The highest BCUT2D eigenvalue weighted by molar-refractivity contribution is 7.80. The van der Waals surface area contributed by atoms with Gasteiger partial charge in [0.15, 0.2) is 6.10 Å². The Morgan fingerprint density at radius 2 is 1.25 bits per heavy atom. The number of ether oxygens (including phenoxy) is 2. The van der Waals surface area contributed by atoms with Gasteiger partial charge in [-0.25, -0.2) is 4.79 Å². The van der Waals surface area contributed by atoms with Crippen molar-refractivity contribution >= 4 is 23.2 Å². The van der Waals surface area contributed by atoms with Crippen molar-refractivity contribution in [1.82, 2.24) is 0 Å². The van der Waals surface area contributed by atoms with Gasteiger partial charge in [0, 0.05) is 11.1 Å². The van der Waals surface area contributed by atoms with Gasteiger partial charge in [0.05, 0.1) is 0 Å². The van der Waals surface area contributed by atoms with Crippen molar-refractivity contribution in [3.8, 4) is 0 Å². The molecule has 1 fully saturated rings. The molecule has 0 amide bonds. The van der Waals surface area contributed by atoms with Gasteiger partial charge in [-0.05, 0) is 12.2 Å². The summed E-state index contributed by atoms with van der Waals surface area (Å²) >= 11 is 5.24. The van der Waals surface area contributed by atoms with E-state index in [1.54, 1.807) is 0 Å². The molecule has 0 aromatic heterocycles. The van der Waals surface area contributed by atoms with E-state index >= 15 is 0 Å². The lowest BCUT2D eigenvalue weighted by atomic mass is 10.1. The van der Waals surface area contributed by atoms with Crippen LogP contribution >= 0.6 is 12.2 Å². The van der Waals surface area contributed by atoms with Gasteiger partial charge in [0.1, 0.15) is 0 Å². The molecule has 0 spiro atoms. The summed E-state index contributed by atoms with van der Waals surface area (Å²) in [6.45, 7) is 0. The molecular weight excluding hydrogens is 272 g/mol. The van der Waals surface area contributed by atoms with Gasteiger partial charge in [0.25, 0.3) is 0 Å². The number of thiocarbonyl (C=S) groups is 1. The summed E-state index contributed by atoms with van der Waals surface area (Å²) < 4.78 is 11.1. The van der Waals surface area contributed by atoms with E-state index in [0.717, 1.165) is 11.1 Å². The molecule has 20 heavy (non-hydrogen) atoms. The van der Waals surface area contributed by atoms with Crippen LogP contribution in [0.2, 0.25) is 0 Å². The van der Waals surface area contributed by atoms with Gasteiger partial charge in [-0.1, -0.05) is 60.7 Å². The first-order valence-electron chi connectivity index (χ1n) is 6.26. The molecule has 3 nitrogen and oxygen atoms in total. The van der Waals surface area contributed by atoms with Crippen LogP contribution in [-0.4, -0.2) is 11.0 Å². The first-order chi connectivity index (χ1) is 9.75. The van der Waals surface area contributed by atoms with E-state index in [1.807, 2.05) is 60.7 Å². The van der Waals surface area contributed by atoms with Crippen molar-refractivity contribution in [2.24, 2.45) is 0 Å². The summed E-state index contributed by atoms with van der Waals surface area (Å²) in [4.78, 5) is 12.1. The molecule has 1 heterocycles. The molecule has 3 rings (SSSR count). The van der Waals surface area contributed by atoms with Crippen LogP contribution in [0.4, 0.5) is 0 Å². The van der Waals surface area contributed by atoms with Gasteiger partial charge in [0.2, 0.25) is 11.2 Å². The van der Waals surface area contributed by atoms with Crippen LogP contribution in [0.25, 0.3) is 0 Å². The maximum absolute atomic E-state index is 12.1. The van der Waals surface area contributed by atoms with Crippen LogP contribution in [0.1, 0.15) is 23.3 Å². The van der Waals surface area contributed by atoms with Gasteiger partial charge in [-0.2, -0.15) is 0 Å². The lowest BCUT2D eigenvalue weighted by Crippen LogP contribution is -2.33. The lowest BCUT2D eigenvalue weighted by molar-refractivity contribution is -0.162. The minimum absolute atomic E-state index is 0.282. The van der Waals surface area contributed by atoms with Crippen LogP contribution in [0.5, 0.6) is 0 Å². The maximum atomic E-state index is 12.1. The van der Waals surface area contributed by atoms with Crippen molar-refractivity contribution in [2.75, 3.05) is 0 Å². The van der Waals surface area contributed by atoms with Crippen molar-refractivity contribution in [3.05, 3.63) is 71.8 Å². The van der Waals surface area contributed by atoms with E-state index in [-0.39, 0.29) is 5.05 Å². The Morgan fingerprint density at radius 3 is 1.80 bits per heavy atom. The average Bonchev–Trinajstić information content (AvgIpc) is 2.51.